The fraction of sp³-hybridized carbons (Fsp3) is 0.562. The van der Waals surface area contributed by atoms with Gasteiger partial charge in [0.1, 0.15) is 5.75 Å². The highest BCUT2D eigenvalue weighted by molar-refractivity contribution is 5.94. The Hall–Kier alpha value is -1.55. The molecule has 1 aliphatic heterocycles. The number of nitrogens with zero attached hydrogens (tertiary/aromatic N) is 2. The second kappa shape index (κ2) is 6.27. The predicted octanol–water partition coefficient (Wildman–Crippen LogP) is 2.26. The molecular formula is C16H24N2O2. The van der Waals surface area contributed by atoms with Gasteiger partial charge in [0, 0.05) is 25.2 Å². The van der Waals surface area contributed by atoms with Crippen LogP contribution < -0.4 is 0 Å². The van der Waals surface area contributed by atoms with Crippen LogP contribution in [0, 0.1) is 6.92 Å². The molecule has 0 aromatic heterocycles. The van der Waals surface area contributed by atoms with Crippen LogP contribution in [0.5, 0.6) is 5.75 Å². The quantitative estimate of drug-likeness (QED) is 0.917. The molecule has 2 rings (SSSR count). The Balaban J connectivity index is 2.03. The maximum absolute atomic E-state index is 12.4. The molecule has 1 amide bonds. The molecule has 20 heavy (non-hydrogen) atoms. The third kappa shape index (κ3) is 3.12. The van der Waals surface area contributed by atoms with Crippen molar-refractivity contribution in [2.75, 3.05) is 26.7 Å². The van der Waals surface area contributed by atoms with Crippen molar-refractivity contribution in [2.45, 2.75) is 32.7 Å². The third-order valence-electron chi connectivity index (χ3n) is 4.18. The van der Waals surface area contributed by atoms with E-state index in [9.17, 15) is 9.90 Å². The number of carbonyl (C=O) groups excluding carboxylic acids is 1. The molecule has 0 saturated carbocycles. The molecule has 1 unspecified atom stereocenters. The minimum Gasteiger partial charge on any atom is -0.508 e. The SMILES string of the molecule is CCN1CCCC1CN(C)C(=O)c1ccc(O)c(C)c1. The Bertz CT molecular complexity index is 487. The van der Waals surface area contributed by atoms with Crippen LogP contribution in [-0.4, -0.2) is 53.5 Å². The number of likely N-dealkylation sites (N-methyl/N-ethyl adjacent to an activating group) is 2. The van der Waals surface area contributed by atoms with E-state index in [1.54, 1.807) is 23.1 Å². The number of aromatic hydroxyl groups is 1. The lowest BCUT2D eigenvalue weighted by atomic mass is 10.1. The van der Waals surface area contributed by atoms with Crippen LogP contribution in [0.4, 0.5) is 0 Å². The molecule has 1 heterocycles. The minimum absolute atomic E-state index is 0.0241. The fourth-order valence-electron chi connectivity index (χ4n) is 2.93. The molecule has 1 atom stereocenters. The van der Waals surface area contributed by atoms with Crippen molar-refractivity contribution in [3.8, 4) is 5.75 Å². The average Bonchev–Trinajstić information content (AvgIpc) is 2.88. The molecule has 4 nitrogen and oxygen atoms in total. The molecule has 110 valence electrons. The standard InChI is InChI=1S/C16H24N2O2/c1-4-18-9-5-6-14(18)11-17(3)16(20)13-7-8-15(19)12(2)10-13/h7-8,10,14,19H,4-6,9,11H2,1-3H3. The monoisotopic (exact) mass is 276 g/mol. The summed E-state index contributed by atoms with van der Waals surface area (Å²) in [5.74, 6) is 0.258. The van der Waals surface area contributed by atoms with E-state index in [0.29, 0.717) is 11.6 Å². The first-order chi connectivity index (χ1) is 9.52. The van der Waals surface area contributed by atoms with Gasteiger partial charge in [-0.3, -0.25) is 9.69 Å². The van der Waals surface area contributed by atoms with Gasteiger partial charge in [0.2, 0.25) is 0 Å². The summed E-state index contributed by atoms with van der Waals surface area (Å²) >= 11 is 0. The van der Waals surface area contributed by atoms with Gasteiger partial charge < -0.3 is 10.0 Å². The van der Waals surface area contributed by atoms with Crippen molar-refractivity contribution in [1.29, 1.82) is 0 Å². The van der Waals surface area contributed by atoms with E-state index in [1.165, 1.54) is 12.8 Å². The number of carbonyl (C=O) groups is 1. The summed E-state index contributed by atoms with van der Waals surface area (Å²) in [5.41, 5.74) is 1.38. The topological polar surface area (TPSA) is 43.8 Å². The van der Waals surface area contributed by atoms with Crippen LogP contribution in [0.3, 0.4) is 0 Å². The maximum Gasteiger partial charge on any atom is 0.253 e. The van der Waals surface area contributed by atoms with Crippen molar-refractivity contribution in [3.05, 3.63) is 29.3 Å². The van der Waals surface area contributed by atoms with Gasteiger partial charge in [-0.05, 0) is 56.6 Å². The Kier molecular flexibility index (Phi) is 4.65. The summed E-state index contributed by atoms with van der Waals surface area (Å²) < 4.78 is 0. The first kappa shape index (κ1) is 14.9. The van der Waals surface area contributed by atoms with Gasteiger partial charge in [0.05, 0.1) is 0 Å². The van der Waals surface area contributed by atoms with Crippen LogP contribution in [0.2, 0.25) is 0 Å². The van der Waals surface area contributed by atoms with Crippen LogP contribution in [0.1, 0.15) is 35.7 Å². The van der Waals surface area contributed by atoms with Crippen LogP contribution >= 0.6 is 0 Å². The van der Waals surface area contributed by atoms with Crippen LogP contribution in [0.15, 0.2) is 18.2 Å². The van der Waals surface area contributed by atoms with Gasteiger partial charge >= 0.3 is 0 Å². The van der Waals surface area contributed by atoms with Gasteiger partial charge in [-0.1, -0.05) is 6.92 Å². The number of benzene rings is 1. The molecule has 0 radical (unpaired) electrons. The summed E-state index contributed by atoms with van der Waals surface area (Å²) in [7, 11) is 1.86. The Labute approximate surface area is 121 Å². The number of amides is 1. The van der Waals surface area contributed by atoms with Crippen molar-refractivity contribution < 1.29 is 9.90 Å². The highest BCUT2D eigenvalue weighted by Crippen LogP contribution is 2.20. The second-order valence-electron chi connectivity index (χ2n) is 5.61. The van der Waals surface area contributed by atoms with Crippen molar-refractivity contribution in [1.82, 2.24) is 9.80 Å². The number of likely N-dealkylation sites (tertiary alicyclic amines) is 1. The van der Waals surface area contributed by atoms with E-state index in [4.69, 9.17) is 0 Å². The molecule has 0 spiro atoms. The molecule has 4 heteroatoms. The zero-order chi connectivity index (χ0) is 14.7. The Morgan fingerprint density at radius 3 is 2.90 bits per heavy atom. The molecule has 0 aliphatic carbocycles. The van der Waals surface area contributed by atoms with Gasteiger partial charge in [0.25, 0.3) is 5.91 Å². The smallest absolute Gasteiger partial charge is 0.253 e. The minimum atomic E-state index is 0.0241. The average molecular weight is 276 g/mol. The lowest BCUT2D eigenvalue weighted by molar-refractivity contribution is 0.0754. The third-order valence-corrected chi connectivity index (χ3v) is 4.18. The molecule has 1 fully saturated rings. The molecule has 1 aromatic rings. The van der Waals surface area contributed by atoms with E-state index in [2.05, 4.69) is 11.8 Å². The number of phenolic OH excluding ortho intramolecular Hbond substituents is 1. The van der Waals surface area contributed by atoms with Gasteiger partial charge in [-0.25, -0.2) is 0 Å². The largest absolute Gasteiger partial charge is 0.508 e. The highest BCUT2D eigenvalue weighted by atomic mass is 16.3. The van der Waals surface area contributed by atoms with E-state index >= 15 is 0 Å². The zero-order valence-electron chi connectivity index (χ0n) is 12.6. The fourth-order valence-corrected chi connectivity index (χ4v) is 2.93. The molecule has 1 N–H and O–H groups in total. The van der Waals surface area contributed by atoms with Crippen LogP contribution in [0.25, 0.3) is 0 Å². The predicted molar refractivity (Wildman–Crippen MR) is 80.1 cm³/mol. The first-order valence-corrected chi connectivity index (χ1v) is 7.32. The van der Waals surface area contributed by atoms with Crippen molar-refractivity contribution in [3.63, 3.8) is 0 Å². The normalized spacial score (nSPS) is 19.2. The number of hydrogen-bond acceptors (Lipinski definition) is 3. The molecular weight excluding hydrogens is 252 g/mol. The van der Waals surface area contributed by atoms with Crippen molar-refractivity contribution >= 4 is 5.91 Å². The van der Waals surface area contributed by atoms with E-state index < -0.39 is 0 Å². The number of aryl methyl sites for hydroxylation is 1. The Morgan fingerprint density at radius 1 is 1.50 bits per heavy atom. The lowest BCUT2D eigenvalue weighted by Gasteiger charge is -2.27. The number of rotatable bonds is 4. The highest BCUT2D eigenvalue weighted by Gasteiger charge is 2.25. The summed E-state index contributed by atoms with van der Waals surface area (Å²) in [6, 6.07) is 5.50. The van der Waals surface area contributed by atoms with Gasteiger partial charge in [0.15, 0.2) is 0 Å². The summed E-state index contributed by atoms with van der Waals surface area (Å²) in [4.78, 5) is 16.6. The molecule has 1 aromatic carbocycles. The summed E-state index contributed by atoms with van der Waals surface area (Å²) in [6.45, 7) is 6.94. The number of hydrogen-bond donors (Lipinski definition) is 1. The maximum atomic E-state index is 12.4. The molecule has 1 saturated heterocycles. The summed E-state index contributed by atoms with van der Waals surface area (Å²) in [6.07, 6.45) is 2.39. The van der Waals surface area contributed by atoms with Gasteiger partial charge in [-0.2, -0.15) is 0 Å². The van der Waals surface area contributed by atoms with E-state index in [1.807, 2.05) is 14.0 Å². The van der Waals surface area contributed by atoms with Gasteiger partial charge in [-0.15, -0.1) is 0 Å². The van der Waals surface area contributed by atoms with E-state index in [-0.39, 0.29) is 11.7 Å². The molecule has 0 bridgehead atoms. The zero-order valence-corrected chi connectivity index (χ0v) is 12.6. The number of phenols is 1. The summed E-state index contributed by atoms with van der Waals surface area (Å²) in [5, 5.41) is 9.53. The first-order valence-electron chi connectivity index (χ1n) is 7.32. The van der Waals surface area contributed by atoms with Crippen molar-refractivity contribution in [2.24, 2.45) is 0 Å². The van der Waals surface area contributed by atoms with E-state index in [0.717, 1.165) is 25.2 Å². The molecule has 1 aliphatic rings. The second-order valence-corrected chi connectivity index (χ2v) is 5.61. The Morgan fingerprint density at radius 2 is 2.25 bits per heavy atom. The lowest BCUT2D eigenvalue weighted by Crippen LogP contribution is -2.41. The van der Waals surface area contributed by atoms with Crippen LogP contribution in [-0.2, 0) is 0 Å².